The number of anilines is 1. The standard InChI is InChI=1S/C16H14N2O3/c1-11-9-15(20)13(10-17-11)16(21)18-14-7-3-2-5-12(14)6-4-8-19/h2-3,5,7,9-10,19H,8H2,1H3,(H,17,20)(H,18,21). The van der Waals surface area contributed by atoms with Crippen molar-refractivity contribution in [3.8, 4) is 11.8 Å². The topological polar surface area (TPSA) is 82.2 Å². The van der Waals surface area contributed by atoms with Gasteiger partial charge in [0.05, 0.1) is 5.69 Å². The third kappa shape index (κ3) is 3.59. The average Bonchev–Trinajstić information content (AvgIpc) is 2.46. The number of aliphatic hydroxyl groups is 1. The molecule has 0 saturated carbocycles. The van der Waals surface area contributed by atoms with Gasteiger partial charge in [0.2, 0.25) is 0 Å². The molecule has 0 bridgehead atoms. The van der Waals surface area contributed by atoms with Gasteiger partial charge in [-0.2, -0.15) is 0 Å². The molecule has 106 valence electrons. The molecule has 2 aromatic rings. The number of hydrogen-bond donors (Lipinski definition) is 3. The second-order valence-electron chi connectivity index (χ2n) is 4.35. The van der Waals surface area contributed by atoms with Crippen LogP contribution in [0.1, 0.15) is 21.6 Å². The SMILES string of the molecule is Cc1cc(=O)c(C(=O)Nc2ccccc2C#CCO)c[nH]1. The lowest BCUT2D eigenvalue weighted by atomic mass is 10.1. The number of amides is 1. The van der Waals surface area contributed by atoms with Gasteiger partial charge >= 0.3 is 0 Å². The van der Waals surface area contributed by atoms with E-state index in [1.54, 1.807) is 31.2 Å². The van der Waals surface area contributed by atoms with Gasteiger partial charge < -0.3 is 15.4 Å². The van der Waals surface area contributed by atoms with E-state index >= 15 is 0 Å². The van der Waals surface area contributed by atoms with Gasteiger partial charge in [0.1, 0.15) is 12.2 Å². The highest BCUT2D eigenvalue weighted by Crippen LogP contribution is 2.14. The van der Waals surface area contributed by atoms with Crippen molar-refractivity contribution in [3.05, 3.63) is 63.6 Å². The van der Waals surface area contributed by atoms with Crippen LogP contribution in [0.25, 0.3) is 0 Å². The highest BCUT2D eigenvalue weighted by atomic mass is 16.2. The summed E-state index contributed by atoms with van der Waals surface area (Å²) in [6.45, 7) is 1.47. The van der Waals surface area contributed by atoms with Crippen molar-refractivity contribution in [2.24, 2.45) is 0 Å². The van der Waals surface area contributed by atoms with Gasteiger partial charge in [0.15, 0.2) is 5.43 Å². The molecular weight excluding hydrogens is 268 g/mol. The van der Waals surface area contributed by atoms with E-state index in [2.05, 4.69) is 22.1 Å². The Kier molecular flexibility index (Phi) is 4.54. The zero-order chi connectivity index (χ0) is 15.2. The summed E-state index contributed by atoms with van der Waals surface area (Å²) in [5.74, 6) is 4.76. The van der Waals surface area contributed by atoms with E-state index in [0.717, 1.165) is 0 Å². The Hall–Kier alpha value is -2.84. The van der Waals surface area contributed by atoms with Crippen LogP contribution in [0.4, 0.5) is 5.69 Å². The molecular formula is C16H14N2O3. The van der Waals surface area contributed by atoms with Crippen LogP contribution in [0.2, 0.25) is 0 Å². The van der Waals surface area contributed by atoms with Gasteiger partial charge in [0.25, 0.3) is 5.91 Å². The first kappa shape index (κ1) is 14.6. The van der Waals surface area contributed by atoms with Crippen LogP contribution >= 0.6 is 0 Å². The van der Waals surface area contributed by atoms with Crippen LogP contribution in [-0.4, -0.2) is 22.6 Å². The normalized spacial score (nSPS) is 9.62. The summed E-state index contributed by atoms with van der Waals surface area (Å²) < 4.78 is 0. The molecule has 0 aliphatic rings. The first-order valence-electron chi connectivity index (χ1n) is 6.31. The van der Waals surface area contributed by atoms with E-state index in [0.29, 0.717) is 16.9 Å². The molecule has 0 aliphatic heterocycles. The van der Waals surface area contributed by atoms with Crippen LogP contribution in [0.3, 0.4) is 0 Å². The molecule has 0 aliphatic carbocycles. The minimum Gasteiger partial charge on any atom is -0.384 e. The van der Waals surface area contributed by atoms with E-state index in [-0.39, 0.29) is 17.6 Å². The second kappa shape index (κ2) is 6.55. The molecule has 0 radical (unpaired) electrons. The molecule has 0 unspecified atom stereocenters. The number of pyridine rings is 1. The summed E-state index contributed by atoms with van der Waals surface area (Å²) in [7, 11) is 0. The molecule has 0 fully saturated rings. The molecule has 0 spiro atoms. The van der Waals surface area contributed by atoms with Crippen LogP contribution in [0, 0.1) is 18.8 Å². The largest absolute Gasteiger partial charge is 0.384 e. The molecule has 1 amide bonds. The van der Waals surface area contributed by atoms with Crippen LogP contribution in [0.5, 0.6) is 0 Å². The van der Waals surface area contributed by atoms with Crippen molar-refractivity contribution in [1.82, 2.24) is 4.98 Å². The smallest absolute Gasteiger partial charge is 0.261 e. The van der Waals surface area contributed by atoms with Gasteiger partial charge in [-0.15, -0.1) is 0 Å². The molecule has 3 N–H and O–H groups in total. The maximum Gasteiger partial charge on any atom is 0.261 e. The maximum absolute atomic E-state index is 12.1. The lowest BCUT2D eigenvalue weighted by Gasteiger charge is -2.07. The van der Waals surface area contributed by atoms with Crippen molar-refractivity contribution in [2.75, 3.05) is 11.9 Å². The van der Waals surface area contributed by atoms with Crippen molar-refractivity contribution < 1.29 is 9.90 Å². The van der Waals surface area contributed by atoms with Crippen molar-refractivity contribution in [2.45, 2.75) is 6.92 Å². The van der Waals surface area contributed by atoms with Gasteiger partial charge in [-0.25, -0.2) is 0 Å². The third-order valence-electron chi connectivity index (χ3n) is 2.78. The number of carbonyl (C=O) groups excluding carboxylic acids is 1. The molecule has 0 saturated heterocycles. The first-order chi connectivity index (χ1) is 10.1. The Balaban J connectivity index is 2.30. The predicted octanol–water partition coefficient (Wildman–Crippen LogP) is 1.28. The zero-order valence-electron chi connectivity index (χ0n) is 11.4. The minimum atomic E-state index is -0.505. The maximum atomic E-state index is 12.1. The lowest BCUT2D eigenvalue weighted by molar-refractivity contribution is 0.102. The zero-order valence-corrected chi connectivity index (χ0v) is 11.4. The molecule has 5 heteroatoms. The van der Waals surface area contributed by atoms with E-state index in [1.807, 2.05) is 0 Å². The quantitative estimate of drug-likeness (QED) is 0.726. The number of hydrogen-bond acceptors (Lipinski definition) is 3. The highest BCUT2D eigenvalue weighted by molar-refractivity contribution is 6.04. The number of aromatic nitrogens is 1. The van der Waals surface area contributed by atoms with Gasteiger partial charge in [-0.3, -0.25) is 9.59 Å². The molecule has 0 atom stereocenters. The van der Waals surface area contributed by atoms with E-state index in [9.17, 15) is 9.59 Å². The first-order valence-corrected chi connectivity index (χ1v) is 6.31. The number of nitrogens with one attached hydrogen (secondary N) is 2. The molecule has 5 nitrogen and oxygen atoms in total. The second-order valence-corrected chi connectivity index (χ2v) is 4.35. The molecule has 1 aromatic heterocycles. The fourth-order valence-electron chi connectivity index (χ4n) is 1.78. The molecule has 1 aromatic carbocycles. The fourth-order valence-corrected chi connectivity index (χ4v) is 1.78. The fraction of sp³-hybridized carbons (Fsp3) is 0.125. The summed E-state index contributed by atoms with van der Waals surface area (Å²) in [5, 5.41) is 11.4. The number of rotatable bonds is 2. The van der Waals surface area contributed by atoms with E-state index in [4.69, 9.17) is 5.11 Å². The Morgan fingerprint density at radius 3 is 2.86 bits per heavy atom. The Labute approximate surface area is 121 Å². The van der Waals surface area contributed by atoms with Crippen molar-refractivity contribution in [1.29, 1.82) is 0 Å². The third-order valence-corrected chi connectivity index (χ3v) is 2.78. The summed E-state index contributed by atoms with van der Waals surface area (Å²) in [6, 6.07) is 8.29. The monoisotopic (exact) mass is 282 g/mol. The van der Waals surface area contributed by atoms with Crippen LogP contribution in [0.15, 0.2) is 41.3 Å². The predicted molar refractivity (Wildman–Crippen MR) is 80.2 cm³/mol. The number of aromatic amines is 1. The Morgan fingerprint density at radius 2 is 2.14 bits per heavy atom. The number of para-hydroxylation sites is 1. The van der Waals surface area contributed by atoms with Gasteiger partial charge in [-0.05, 0) is 19.1 Å². The van der Waals surface area contributed by atoms with Crippen molar-refractivity contribution >= 4 is 11.6 Å². The van der Waals surface area contributed by atoms with Crippen molar-refractivity contribution in [3.63, 3.8) is 0 Å². The Bertz CT molecular complexity index is 782. The lowest BCUT2D eigenvalue weighted by Crippen LogP contribution is -2.21. The number of benzene rings is 1. The minimum absolute atomic E-state index is 0.0329. The van der Waals surface area contributed by atoms with E-state index in [1.165, 1.54) is 12.3 Å². The molecule has 2 rings (SSSR count). The number of aryl methyl sites for hydroxylation is 1. The number of H-pyrrole nitrogens is 1. The summed E-state index contributed by atoms with van der Waals surface area (Å²) in [6.07, 6.45) is 1.38. The summed E-state index contributed by atoms with van der Waals surface area (Å²) in [5.41, 5.74) is 1.44. The number of carbonyl (C=O) groups is 1. The van der Waals surface area contributed by atoms with Gasteiger partial charge in [0, 0.05) is 23.5 Å². The van der Waals surface area contributed by atoms with E-state index < -0.39 is 5.91 Å². The molecule has 1 heterocycles. The highest BCUT2D eigenvalue weighted by Gasteiger charge is 2.11. The van der Waals surface area contributed by atoms with Crippen LogP contribution in [-0.2, 0) is 0 Å². The van der Waals surface area contributed by atoms with Gasteiger partial charge in [-0.1, -0.05) is 24.0 Å². The molecule has 21 heavy (non-hydrogen) atoms. The average molecular weight is 282 g/mol. The number of aliphatic hydroxyl groups excluding tert-OH is 1. The summed E-state index contributed by atoms with van der Waals surface area (Å²) in [4.78, 5) is 26.8. The summed E-state index contributed by atoms with van der Waals surface area (Å²) >= 11 is 0. The Morgan fingerprint density at radius 1 is 1.38 bits per heavy atom. The van der Waals surface area contributed by atoms with Crippen LogP contribution < -0.4 is 10.7 Å².